The summed E-state index contributed by atoms with van der Waals surface area (Å²) in [5.74, 6) is 3.50. The first-order valence-electron chi connectivity index (χ1n) is 14.8. The van der Waals surface area contributed by atoms with Gasteiger partial charge in [-0.3, -0.25) is 4.79 Å². The number of amides is 1. The van der Waals surface area contributed by atoms with Crippen molar-refractivity contribution in [1.29, 1.82) is 0 Å². The Kier molecular flexibility index (Phi) is 6.62. The Morgan fingerprint density at radius 1 is 1.11 bits per heavy atom. The van der Waals surface area contributed by atoms with Gasteiger partial charge in [-0.1, -0.05) is 13.0 Å². The summed E-state index contributed by atoms with van der Waals surface area (Å²) in [6.07, 6.45) is 14.7. The molecule has 0 radical (unpaired) electrons. The summed E-state index contributed by atoms with van der Waals surface area (Å²) >= 11 is 0. The van der Waals surface area contributed by atoms with Crippen LogP contribution in [0.25, 0.3) is 0 Å². The number of rotatable bonds is 7. The largest absolute Gasteiger partial charge is 0.494 e. The van der Waals surface area contributed by atoms with Crippen LogP contribution in [0.15, 0.2) is 18.2 Å². The van der Waals surface area contributed by atoms with Crippen molar-refractivity contribution in [3.05, 3.63) is 29.3 Å². The van der Waals surface area contributed by atoms with Crippen molar-refractivity contribution in [2.75, 3.05) is 19.7 Å². The van der Waals surface area contributed by atoms with Gasteiger partial charge in [0.25, 0.3) is 0 Å². The van der Waals surface area contributed by atoms with E-state index in [2.05, 4.69) is 42.3 Å². The molecule has 3 saturated carbocycles. The molecule has 1 aliphatic heterocycles. The van der Waals surface area contributed by atoms with Gasteiger partial charge in [0, 0.05) is 24.5 Å². The summed E-state index contributed by atoms with van der Waals surface area (Å²) in [5.41, 5.74) is 3.43. The Morgan fingerprint density at radius 3 is 2.74 bits per heavy atom. The van der Waals surface area contributed by atoms with Crippen LogP contribution < -0.4 is 10.1 Å². The van der Waals surface area contributed by atoms with Gasteiger partial charge < -0.3 is 15.0 Å². The second-order valence-electron chi connectivity index (χ2n) is 12.9. The summed E-state index contributed by atoms with van der Waals surface area (Å²) in [6, 6.07) is 8.15. The number of carbonyl (C=O) groups is 1. The molecule has 5 aliphatic rings. The minimum Gasteiger partial charge on any atom is -0.494 e. The molecular formula is C31H46N2O2. The Hall–Kier alpha value is -1.55. The first-order valence-corrected chi connectivity index (χ1v) is 14.8. The zero-order valence-corrected chi connectivity index (χ0v) is 22.1. The molecular weight excluding hydrogens is 432 g/mol. The number of aryl methyl sites for hydroxylation is 1. The third kappa shape index (κ3) is 4.54. The molecule has 35 heavy (non-hydrogen) atoms. The fourth-order valence-corrected chi connectivity index (χ4v) is 8.65. The predicted molar refractivity (Wildman–Crippen MR) is 141 cm³/mol. The highest BCUT2D eigenvalue weighted by Gasteiger charge is 2.56. The average molecular weight is 479 g/mol. The summed E-state index contributed by atoms with van der Waals surface area (Å²) in [5, 5.41) is 3.42. The van der Waals surface area contributed by atoms with Crippen LogP contribution in [0.3, 0.4) is 0 Å². The van der Waals surface area contributed by atoms with Crippen LogP contribution in [0, 0.1) is 23.2 Å². The van der Waals surface area contributed by atoms with Gasteiger partial charge in [-0.05, 0) is 137 Å². The summed E-state index contributed by atoms with van der Waals surface area (Å²) in [4.78, 5) is 15.9. The minimum absolute atomic E-state index is 0.232. The lowest BCUT2D eigenvalue weighted by Gasteiger charge is -2.50. The van der Waals surface area contributed by atoms with E-state index in [0.29, 0.717) is 35.1 Å². The third-order valence-corrected chi connectivity index (χ3v) is 10.9. The van der Waals surface area contributed by atoms with Crippen molar-refractivity contribution in [3.8, 4) is 5.75 Å². The molecule has 1 aromatic carbocycles. The highest BCUT2D eigenvalue weighted by Crippen LogP contribution is 2.62. The van der Waals surface area contributed by atoms with E-state index in [9.17, 15) is 4.79 Å². The van der Waals surface area contributed by atoms with Crippen LogP contribution in [-0.4, -0.2) is 42.6 Å². The van der Waals surface area contributed by atoms with E-state index in [1.165, 1.54) is 69.9 Å². The molecule has 4 aliphatic carbocycles. The van der Waals surface area contributed by atoms with Crippen LogP contribution in [0.1, 0.15) is 102 Å². The molecule has 6 atom stereocenters. The fraction of sp³-hybridized carbons (Fsp3) is 0.774. The van der Waals surface area contributed by atoms with E-state index < -0.39 is 0 Å². The summed E-state index contributed by atoms with van der Waals surface area (Å²) < 4.78 is 6.21. The zero-order chi connectivity index (χ0) is 24.0. The molecule has 1 N–H and O–H groups in total. The second kappa shape index (κ2) is 9.72. The van der Waals surface area contributed by atoms with Crippen LogP contribution in [0.5, 0.6) is 5.75 Å². The third-order valence-electron chi connectivity index (χ3n) is 10.9. The molecule has 4 nitrogen and oxygen atoms in total. The van der Waals surface area contributed by atoms with Crippen molar-refractivity contribution in [1.82, 2.24) is 10.2 Å². The first-order chi connectivity index (χ1) is 17.0. The van der Waals surface area contributed by atoms with Gasteiger partial charge in [-0.25, -0.2) is 0 Å². The molecule has 0 spiro atoms. The highest BCUT2D eigenvalue weighted by molar-refractivity contribution is 5.80. The van der Waals surface area contributed by atoms with Crippen molar-refractivity contribution >= 4 is 5.91 Å². The van der Waals surface area contributed by atoms with Crippen LogP contribution in [-0.2, 0) is 11.2 Å². The van der Waals surface area contributed by atoms with E-state index in [4.69, 9.17) is 4.74 Å². The zero-order valence-electron chi connectivity index (χ0n) is 22.1. The lowest BCUT2D eigenvalue weighted by Crippen LogP contribution is -2.48. The van der Waals surface area contributed by atoms with E-state index in [1.54, 1.807) is 5.56 Å². The van der Waals surface area contributed by atoms with Crippen molar-refractivity contribution in [2.24, 2.45) is 23.2 Å². The van der Waals surface area contributed by atoms with Crippen LogP contribution >= 0.6 is 0 Å². The monoisotopic (exact) mass is 478 g/mol. The summed E-state index contributed by atoms with van der Waals surface area (Å²) in [7, 11) is 0. The lowest BCUT2D eigenvalue weighted by molar-refractivity contribution is -0.130. The number of fused-ring (bicyclic) bond motifs is 5. The number of hydrogen-bond acceptors (Lipinski definition) is 3. The molecule has 0 unspecified atom stereocenters. The van der Waals surface area contributed by atoms with Gasteiger partial charge in [0.2, 0.25) is 5.91 Å². The highest BCUT2D eigenvalue weighted by atomic mass is 16.5. The van der Waals surface area contributed by atoms with E-state index >= 15 is 0 Å². The number of likely N-dealkylation sites (tertiary alicyclic amines) is 1. The molecule has 4 fully saturated rings. The van der Waals surface area contributed by atoms with Gasteiger partial charge in [-0.2, -0.15) is 0 Å². The molecule has 6 rings (SSSR count). The fourth-order valence-electron chi connectivity index (χ4n) is 8.65. The average Bonchev–Trinajstić information content (AvgIpc) is 3.41. The number of carbonyl (C=O) groups excluding carboxylic acids is 1. The molecule has 1 saturated heterocycles. The van der Waals surface area contributed by atoms with Gasteiger partial charge in [0.05, 0.1) is 6.61 Å². The quantitative estimate of drug-likeness (QED) is 0.483. The van der Waals surface area contributed by atoms with E-state index in [0.717, 1.165) is 44.2 Å². The SMILES string of the molecule is C[C@@H]1CCCN1CCCOc1ccc2c(c1)CC[C@H]1[C@@H]3[C@@H](C(=O)NC4CCC4)CC[C@@]3(C)CC[C@H]21. The molecule has 1 aromatic rings. The molecule has 192 valence electrons. The second-order valence-corrected chi connectivity index (χ2v) is 12.9. The topological polar surface area (TPSA) is 41.6 Å². The summed E-state index contributed by atoms with van der Waals surface area (Å²) in [6.45, 7) is 8.08. The lowest BCUT2D eigenvalue weighted by atomic mass is 9.54. The van der Waals surface area contributed by atoms with Crippen LogP contribution in [0.4, 0.5) is 0 Å². The number of nitrogens with one attached hydrogen (secondary N) is 1. The number of benzene rings is 1. The van der Waals surface area contributed by atoms with Crippen molar-refractivity contribution < 1.29 is 9.53 Å². The normalized spacial score (nSPS) is 36.7. The van der Waals surface area contributed by atoms with Crippen molar-refractivity contribution in [2.45, 2.75) is 109 Å². The molecule has 4 heteroatoms. The smallest absolute Gasteiger partial charge is 0.223 e. The van der Waals surface area contributed by atoms with E-state index in [-0.39, 0.29) is 5.92 Å². The van der Waals surface area contributed by atoms with Gasteiger partial charge in [-0.15, -0.1) is 0 Å². The standard InChI is InChI=1S/C31H46N2O2/c1-21-6-4-17-33(21)18-5-19-35-24-10-12-25-22(20-24)9-11-27-26(25)13-15-31(2)16-14-28(29(27)31)30(34)32-23-7-3-8-23/h10,12,20-21,23,26-29H,3-9,11,13-19H2,1-2H3,(H,32,34)/t21-,26-,27-,28+,29-,31-/m1/s1. The van der Waals surface area contributed by atoms with Crippen LogP contribution in [0.2, 0.25) is 0 Å². The van der Waals surface area contributed by atoms with Gasteiger partial charge >= 0.3 is 0 Å². The maximum Gasteiger partial charge on any atom is 0.223 e. The first kappa shape index (κ1) is 23.8. The van der Waals surface area contributed by atoms with E-state index in [1.807, 2.05) is 0 Å². The molecule has 1 heterocycles. The number of hydrogen-bond donors (Lipinski definition) is 1. The maximum atomic E-state index is 13.3. The Labute approximate surface area is 212 Å². The predicted octanol–water partition coefficient (Wildman–Crippen LogP) is 6.08. The van der Waals surface area contributed by atoms with Crippen molar-refractivity contribution in [3.63, 3.8) is 0 Å². The molecule has 1 amide bonds. The number of ether oxygens (including phenoxy) is 1. The molecule has 0 aromatic heterocycles. The van der Waals surface area contributed by atoms with Gasteiger partial charge in [0.15, 0.2) is 0 Å². The van der Waals surface area contributed by atoms with Gasteiger partial charge in [0.1, 0.15) is 5.75 Å². The Bertz CT molecular complexity index is 927. The maximum absolute atomic E-state index is 13.3. The molecule has 0 bridgehead atoms. The Morgan fingerprint density at radius 2 is 1.97 bits per heavy atom. The Balaban J connectivity index is 1.10. The minimum atomic E-state index is 0.232. The number of nitrogens with zero attached hydrogens (tertiary/aromatic N) is 1.